The van der Waals surface area contributed by atoms with Gasteiger partial charge in [0, 0.05) is 30.7 Å². The summed E-state index contributed by atoms with van der Waals surface area (Å²) in [5.41, 5.74) is 6.43. The molecule has 0 amide bonds. The summed E-state index contributed by atoms with van der Waals surface area (Å²) in [6, 6.07) is 17.4. The van der Waals surface area contributed by atoms with Gasteiger partial charge in [0.1, 0.15) is 0 Å². The molecule has 1 aliphatic heterocycles. The first-order valence-electron chi connectivity index (χ1n) is 8.75. The van der Waals surface area contributed by atoms with Crippen molar-refractivity contribution in [1.82, 2.24) is 9.88 Å². The molecule has 3 heteroatoms. The quantitative estimate of drug-likeness (QED) is 0.628. The minimum atomic E-state index is 0.911. The fraction of sp³-hybridized carbons (Fsp3) is 0.227. The van der Waals surface area contributed by atoms with E-state index in [4.69, 9.17) is 0 Å². The molecular weight excluding hydrogens is 324 g/mol. The van der Waals surface area contributed by atoms with E-state index < -0.39 is 0 Å². The van der Waals surface area contributed by atoms with Crippen molar-refractivity contribution < 1.29 is 0 Å². The largest absolute Gasteiger partial charge is 0.294 e. The van der Waals surface area contributed by atoms with Crippen molar-refractivity contribution in [2.45, 2.75) is 19.9 Å². The molecule has 0 N–H and O–H groups in total. The molecule has 1 aromatic carbocycles. The van der Waals surface area contributed by atoms with E-state index in [0.29, 0.717) is 0 Å². The van der Waals surface area contributed by atoms with Gasteiger partial charge in [-0.25, -0.2) is 0 Å². The van der Waals surface area contributed by atoms with Crippen molar-refractivity contribution in [1.29, 1.82) is 0 Å². The van der Waals surface area contributed by atoms with E-state index in [0.717, 1.165) is 31.7 Å². The van der Waals surface area contributed by atoms with Gasteiger partial charge in [-0.2, -0.15) is 0 Å². The van der Waals surface area contributed by atoms with E-state index in [9.17, 15) is 0 Å². The van der Waals surface area contributed by atoms with E-state index in [1.807, 2.05) is 17.5 Å². The van der Waals surface area contributed by atoms with E-state index in [1.165, 1.54) is 27.1 Å². The zero-order valence-electron chi connectivity index (χ0n) is 14.5. The molecule has 1 aliphatic rings. The highest BCUT2D eigenvalue weighted by Crippen LogP contribution is 2.27. The van der Waals surface area contributed by atoms with Gasteiger partial charge in [0.2, 0.25) is 0 Å². The SMILES string of the molecule is Cc1ccc(-c2ccnc(CN3CC=C(c4cccs4)CC3)c2)cc1. The highest BCUT2D eigenvalue weighted by Gasteiger charge is 2.14. The van der Waals surface area contributed by atoms with Crippen molar-refractivity contribution in [3.8, 4) is 11.1 Å². The summed E-state index contributed by atoms with van der Waals surface area (Å²) in [6.45, 7) is 5.13. The van der Waals surface area contributed by atoms with Gasteiger partial charge in [0.15, 0.2) is 0 Å². The third kappa shape index (κ3) is 3.89. The van der Waals surface area contributed by atoms with E-state index in [1.54, 1.807) is 0 Å². The lowest BCUT2D eigenvalue weighted by molar-refractivity contribution is 0.290. The number of hydrogen-bond donors (Lipinski definition) is 0. The number of pyridine rings is 1. The van der Waals surface area contributed by atoms with Crippen LogP contribution in [0.5, 0.6) is 0 Å². The fourth-order valence-corrected chi connectivity index (χ4v) is 4.06. The van der Waals surface area contributed by atoms with Crippen molar-refractivity contribution in [3.05, 3.63) is 82.3 Å². The Balaban J connectivity index is 1.45. The minimum Gasteiger partial charge on any atom is -0.294 e. The predicted molar refractivity (Wildman–Crippen MR) is 107 cm³/mol. The van der Waals surface area contributed by atoms with Gasteiger partial charge in [-0.15, -0.1) is 11.3 Å². The second kappa shape index (κ2) is 7.34. The molecule has 0 atom stereocenters. The zero-order chi connectivity index (χ0) is 17.1. The van der Waals surface area contributed by atoms with Gasteiger partial charge in [0.05, 0.1) is 5.69 Å². The Bertz CT molecular complexity index is 863. The van der Waals surface area contributed by atoms with E-state index >= 15 is 0 Å². The fourth-order valence-electron chi connectivity index (χ4n) is 3.26. The van der Waals surface area contributed by atoms with Gasteiger partial charge >= 0.3 is 0 Å². The number of nitrogens with zero attached hydrogens (tertiary/aromatic N) is 2. The van der Waals surface area contributed by atoms with Gasteiger partial charge in [-0.05, 0) is 53.6 Å². The van der Waals surface area contributed by atoms with Gasteiger partial charge in [-0.1, -0.05) is 42.0 Å². The molecule has 0 saturated heterocycles. The van der Waals surface area contributed by atoms with Crippen LogP contribution < -0.4 is 0 Å². The lowest BCUT2D eigenvalue weighted by Gasteiger charge is -2.25. The highest BCUT2D eigenvalue weighted by atomic mass is 32.1. The van der Waals surface area contributed by atoms with Gasteiger partial charge in [-0.3, -0.25) is 9.88 Å². The molecular formula is C22H22N2S. The second-order valence-electron chi connectivity index (χ2n) is 6.59. The molecule has 0 aliphatic carbocycles. The standard InChI is InChI=1S/C22H22N2S/c1-17-4-6-18(7-5-17)20-8-11-23-21(15-20)16-24-12-9-19(10-13-24)22-3-2-14-25-22/h2-9,11,14-15H,10,12-13,16H2,1H3. The van der Waals surface area contributed by atoms with Crippen LogP contribution in [0.25, 0.3) is 16.7 Å². The first kappa shape index (κ1) is 16.2. The lowest BCUT2D eigenvalue weighted by Crippen LogP contribution is -2.28. The molecule has 3 heterocycles. The third-order valence-electron chi connectivity index (χ3n) is 4.72. The van der Waals surface area contributed by atoms with Gasteiger partial charge in [0.25, 0.3) is 0 Å². The van der Waals surface area contributed by atoms with Crippen LogP contribution in [0.2, 0.25) is 0 Å². The molecule has 0 unspecified atom stereocenters. The highest BCUT2D eigenvalue weighted by molar-refractivity contribution is 7.11. The molecule has 2 aromatic heterocycles. The maximum Gasteiger partial charge on any atom is 0.0550 e. The number of aromatic nitrogens is 1. The second-order valence-corrected chi connectivity index (χ2v) is 7.54. The van der Waals surface area contributed by atoms with Crippen LogP contribution in [0.4, 0.5) is 0 Å². The Morgan fingerprint density at radius 1 is 1.08 bits per heavy atom. The number of hydrogen-bond acceptors (Lipinski definition) is 3. The summed E-state index contributed by atoms with van der Waals surface area (Å²) < 4.78 is 0. The third-order valence-corrected chi connectivity index (χ3v) is 5.66. The van der Waals surface area contributed by atoms with Crippen LogP contribution in [0.1, 0.15) is 22.6 Å². The first-order chi connectivity index (χ1) is 12.3. The molecule has 3 aromatic rings. The molecule has 0 fully saturated rings. The molecule has 0 radical (unpaired) electrons. The van der Waals surface area contributed by atoms with Crippen molar-refractivity contribution in [2.24, 2.45) is 0 Å². The number of rotatable bonds is 4. The zero-order valence-corrected chi connectivity index (χ0v) is 15.3. The first-order valence-corrected chi connectivity index (χ1v) is 9.63. The maximum atomic E-state index is 4.59. The molecule has 0 saturated carbocycles. The topological polar surface area (TPSA) is 16.1 Å². The van der Waals surface area contributed by atoms with Crippen LogP contribution in [0.15, 0.2) is 66.2 Å². The molecule has 4 rings (SSSR count). The summed E-state index contributed by atoms with van der Waals surface area (Å²) in [7, 11) is 0. The number of aryl methyl sites for hydroxylation is 1. The number of thiophene rings is 1. The summed E-state index contributed by atoms with van der Waals surface area (Å²) in [5, 5.41) is 2.16. The molecule has 126 valence electrons. The van der Waals surface area contributed by atoms with Crippen LogP contribution >= 0.6 is 11.3 Å². The summed E-state index contributed by atoms with van der Waals surface area (Å²) >= 11 is 1.84. The predicted octanol–water partition coefficient (Wildman–Crippen LogP) is 5.41. The molecule has 0 spiro atoms. The molecule has 0 bridgehead atoms. The van der Waals surface area contributed by atoms with Crippen LogP contribution in [-0.2, 0) is 6.54 Å². The average Bonchev–Trinajstić information content (AvgIpc) is 3.18. The number of benzene rings is 1. The van der Waals surface area contributed by atoms with E-state index in [2.05, 4.69) is 76.8 Å². The summed E-state index contributed by atoms with van der Waals surface area (Å²) in [4.78, 5) is 8.47. The smallest absolute Gasteiger partial charge is 0.0550 e. The van der Waals surface area contributed by atoms with Crippen LogP contribution in [0.3, 0.4) is 0 Å². The Hall–Kier alpha value is -2.23. The Labute approximate surface area is 153 Å². The minimum absolute atomic E-state index is 0.911. The Morgan fingerprint density at radius 3 is 2.68 bits per heavy atom. The van der Waals surface area contributed by atoms with Crippen LogP contribution in [0, 0.1) is 6.92 Å². The molecule has 25 heavy (non-hydrogen) atoms. The van der Waals surface area contributed by atoms with Crippen molar-refractivity contribution in [3.63, 3.8) is 0 Å². The summed E-state index contributed by atoms with van der Waals surface area (Å²) in [6.07, 6.45) is 5.43. The lowest BCUT2D eigenvalue weighted by atomic mass is 10.0. The normalized spacial score (nSPS) is 15.2. The molecule has 2 nitrogen and oxygen atoms in total. The average molecular weight is 346 g/mol. The summed E-state index contributed by atoms with van der Waals surface area (Å²) in [5.74, 6) is 0. The van der Waals surface area contributed by atoms with Crippen molar-refractivity contribution in [2.75, 3.05) is 13.1 Å². The van der Waals surface area contributed by atoms with Gasteiger partial charge < -0.3 is 0 Å². The van der Waals surface area contributed by atoms with Crippen LogP contribution in [-0.4, -0.2) is 23.0 Å². The van der Waals surface area contributed by atoms with E-state index in [-0.39, 0.29) is 0 Å². The monoisotopic (exact) mass is 346 g/mol. The Morgan fingerprint density at radius 2 is 1.96 bits per heavy atom. The van der Waals surface area contributed by atoms with Crippen molar-refractivity contribution >= 4 is 16.9 Å². The Kier molecular flexibility index (Phi) is 4.77. The maximum absolute atomic E-state index is 4.59.